The lowest BCUT2D eigenvalue weighted by Gasteiger charge is -2.25. The highest BCUT2D eigenvalue weighted by Gasteiger charge is 2.27. The summed E-state index contributed by atoms with van der Waals surface area (Å²) >= 11 is 11.9. The Morgan fingerprint density at radius 3 is 2.52 bits per heavy atom. The van der Waals surface area contributed by atoms with Gasteiger partial charge in [-0.25, -0.2) is 4.98 Å². The van der Waals surface area contributed by atoms with E-state index in [-0.39, 0.29) is 5.92 Å². The van der Waals surface area contributed by atoms with Gasteiger partial charge in [-0.2, -0.15) is 5.10 Å². The second-order valence-corrected chi connectivity index (χ2v) is 10.4. The first kappa shape index (κ1) is 22.4. The van der Waals surface area contributed by atoms with Crippen LogP contribution in [0.4, 0.5) is 0 Å². The number of hydrogen-bond donors (Lipinski definition) is 1. The molecule has 162 valence electrons. The zero-order valence-corrected chi connectivity index (χ0v) is 20.8. The van der Waals surface area contributed by atoms with Gasteiger partial charge in [0.25, 0.3) is 0 Å². The third kappa shape index (κ3) is 4.71. The third-order valence-electron chi connectivity index (χ3n) is 5.67. The summed E-state index contributed by atoms with van der Waals surface area (Å²) in [6, 6.07) is 16.2. The Bertz CT molecular complexity index is 1090. The second kappa shape index (κ2) is 9.80. The van der Waals surface area contributed by atoms with E-state index in [1.807, 2.05) is 24.3 Å². The molecule has 4 nitrogen and oxygen atoms in total. The molecule has 1 aliphatic rings. The van der Waals surface area contributed by atoms with Crippen molar-refractivity contribution in [3.05, 3.63) is 69.4 Å². The van der Waals surface area contributed by atoms with Crippen molar-refractivity contribution in [1.29, 1.82) is 0 Å². The smallest absolute Gasteiger partial charge is 0.146 e. The van der Waals surface area contributed by atoms with Crippen LogP contribution in [0.2, 0.25) is 5.02 Å². The van der Waals surface area contributed by atoms with Gasteiger partial charge in [0.05, 0.1) is 15.8 Å². The summed E-state index contributed by atoms with van der Waals surface area (Å²) in [5.41, 5.74) is 4.24. The largest absolute Gasteiger partial charge is 0.323 e. The molecule has 0 bridgehead atoms. The van der Waals surface area contributed by atoms with Gasteiger partial charge in [0, 0.05) is 33.1 Å². The molecule has 1 fully saturated rings. The Hall–Kier alpha value is -1.76. The van der Waals surface area contributed by atoms with E-state index >= 15 is 0 Å². The molecule has 31 heavy (non-hydrogen) atoms. The highest BCUT2D eigenvalue weighted by molar-refractivity contribution is 9.10. The van der Waals surface area contributed by atoms with Crippen LogP contribution in [0.5, 0.6) is 0 Å². The van der Waals surface area contributed by atoms with Crippen LogP contribution in [0.15, 0.2) is 58.1 Å². The van der Waals surface area contributed by atoms with Crippen molar-refractivity contribution in [1.82, 2.24) is 9.55 Å². The molecule has 7 heteroatoms. The van der Waals surface area contributed by atoms with E-state index in [9.17, 15) is 0 Å². The Labute approximate surface area is 201 Å². The van der Waals surface area contributed by atoms with Gasteiger partial charge in [-0.1, -0.05) is 59.9 Å². The molecule has 0 radical (unpaired) electrons. The Morgan fingerprint density at radius 2 is 1.94 bits per heavy atom. The summed E-state index contributed by atoms with van der Waals surface area (Å²) in [4.78, 5) is 5.12. The molecule has 0 spiro atoms. The first-order valence-electron chi connectivity index (χ1n) is 10.5. The monoisotopic (exact) mass is 516 g/mol. The van der Waals surface area contributed by atoms with Gasteiger partial charge < -0.3 is 5.84 Å². The maximum Gasteiger partial charge on any atom is 0.146 e. The fourth-order valence-electron chi connectivity index (χ4n) is 3.91. The normalized spacial score (nSPS) is 14.8. The van der Waals surface area contributed by atoms with Gasteiger partial charge in [-0.15, -0.1) is 11.8 Å². The topological polar surface area (TPSA) is 56.2 Å². The van der Waals surface area contributed by atoms with Crippen LogP contribution >= 0.6 is 39.3 Å². The molecule has 0 aliphatic heterocycles. The van der Waals surface area contributed by atoms with Crippen LogP contribution in [-0.4, -0.2) is 14.6 Å². The quantitative estimate of drug-likeness (QED) is 0.160. The van der Waals surface area contributed by atoms with Gasteiger partial charge in [-0.3, -0.25) is 4.57 Å². The minimum atomic E-state index is 0.282. The average Bonchev–Trinajstić information content (AvgIpc) is 3.10. The summed E-state index contributed by atoms with van der Waals surface area (Å²) in [7, 11) is 0. The van der Waals surface area contributed by atoms with Crippen molar-refractivity contribution in [3.8, 4) is 17.1 Å². The Balaban J connectivity index is 1.82. The number of nitrogens with two attached hydrogens (primary N) is 1. The molecule has 1 heterocycles. The van der Waals surface area contributed by atoms with Crippen molar-refractivity contribution in [3.63, 3.8) is 0 Å². The highest BCUT2D eigenvalue weighted by atomic mass is 79.9. The summed E-state index contributed by atoms with van der Waals surface area (Å²) < 4.78 is 3.29. The highest BCUT2D eigenvalue weighted by Crippen LogP contribution is 2.38. The number of imidazole rings is 1. The van der Waals surface area contributed by atoms with E-state index in [1.54, 1.807) is 11.8 Å². The molecule has 4 rings (SSSR count). The Morgan fingerprint density at radius 1 is 1.23 bits per heavy atom. The zero-order chi connectivity index (χ0) is 22.0. The van der Waals surface area contributed by atoms with Crippen molar-refractivity contribution < 1.29 is 0 Å². The summed E-state index contributed by atoms with van der Waals surface area (Å²) in [6.45, 7) is 4.42. The number of thioether (sulfide) groups is 1. The number of nitrogens with zero attached hydrogens (tertiary/aromatic N) is 3. The molecule has 1 aliphatic carbocycles. The number of rotatable bonds is 6. The Kier molecular flexibility index (Phi) is 7.09. The minimum absolute atomic E-state index is 0.282. The maximum atomic E-state index is 6.60. The first-order chi connectivity index (χ1) is 15.0. The molecule has 0 saturated heterocycles. The molecule has 0 unspecified atom stereocenters. The van der Waals surface area contributed by atoms with Crippen LogP contribution in [0.1, 0.15) is 50.4 Å². The van der Waals surface area contributed by atoms with E-state index in [2.05, 4.69) is 63.7 Å². The maximum absolute atomic E-state index is 6.60. The zero-order valence-electron chi connectivity index (χ0n) is 17.7. The average molecular weight is 518 g/mol. The molecule has 3 aromatic rings. The molecule has 0 amide bonds. The van der Waals surface area contributed by atoms with Crippen LogP contribution in [0.25, 0.3) is 17.1 Å². The van der Waals surface area contributed by atoms with E-state index < -0.39 is 0 Å². The molecule has 2 N–H and O–H groups in total. The molecule has 0 atom stereocenters. The van der Waals surface area contributed by atoms with Crippen LogP contribution < -0.4 is 5.84 Å². The van der Waals surface area contributed by atoms with Gasteiger partial charge in [0.1, 0.15) is 5.82 Å². The first-order valence-corrected chi connectivity index (χ1v) is 12.7. The number of halogens is 2. The number of benzene rings is 2. The van der Waals surface area contributed by atoms with Crippen molar-refractivity contribution >= 4 is 44.3 Å². The molecular weight excluding hydrogens is 492 g/mol. The summed E-state index contributed by atoms with van der Waals surface area (Å²) in [6.07, 6.45) is 3.62. The summed E-state index contributed by atoms with van der Waals surface area (Å²) in [5.74, 6) is 8.11. The lowest BCUT2D eigenvalue weighted by atomic mass is 9.86. The fraction of sp³-hybridized carbons (Fsp3) is 0.333. The van der Waals surface area contributed by atoms with Gasteiger partial charge in [0.2, 0.25) is 0 Å². The fourth-order valence-corrected chi connectivity index (χ4v) is 5.44. The number of hydrogen-bond acceptors (Lipinski definition) is 4. The van der Waals surface area contributed by atoms with E-state index in [4.69, 9.17) is 22.4 Å². The van der Waals surface area contributed by atoms with Gasteiger partial charge in [-0.05, 0) is 55.2 Å². The van der Waals surface area contributed by atoms with Crippen LogP contribution in [0, 0.1) is 5.92 Å². The van der Waals surface area contributed by atoms with Gasteiger partial charge >= 0.3 is 0 Å². The van der Waals surface area contributed by atoms with Crippen molar-refractivity contribution in [2.45, 2.75) is 44.8 Å². The van der Waals surface area contributed by atoms with Crippen molar-refractivity contribution in [2.75, 3.05) is 0 Å². The second-order valence-electron chi connectivity index (χ2n) is 8.10. The number of aromatic nitrogens is 2. The third-order valence-corrected chi connectivity index (χ3v) is 7.68. The van der Waals surface area contributed by atoms with E-state index in [0.717, 1.165) is 38.0 Å². The lowest BCUT2D eigenvalue weighted by molar-refractivity contribution is 0.417. The molecule has 1 aromatic heterocycles. The SMILES string of the molecule is CC(C)c1c(CS/C(=N\N)C2CCC2)nc(-c2ccccc2Cl)n1-c1ccc(Br)cc1. The molecule has 1 saturated carbocycles. The van der Waals surface area contributed by atoms with Gasteiger partial charge in [0.15, 0.2) is 0 Å². The van der Waals surface area contributed by atoms with Crippen LogP contribution in [0.3, 0.4) is 0 Å². The molecule has 2 aromatic carbocycles. The van der Waals surface area contributed by atoms with E-state index in [1.165, 1.54) is 25.0 Å². The number of hydrazone groups is 1. The predicted octanol–water partition coefficient (Wildman–Crippen LogP) is 7.38. The standard InChI is InChI=1S/C24H26BrClN4S/c1-15(2)22-21(14-31-24(29-27)16-6-5-7-16)28-23(19-8-3-4-9-20(19)26)30(22)18-12-10-17(25)11-13-18/h3-4,8-13,15-16H,5-7,14,27H2,1-2H3/b29-24-. The lowest BCUT2D eigenvalue weighted by Crippen LogP contribution is -2.21. The molecular formula is C24H26BrClN4S. The summed E-state index contributed by atoms with van der Waals surface area (Å²) in [5, 5.41) is 5.82. The van der Waals surface area contributed by atoms with Crippen LogP contribution in [-0.2, 0) is 5.75 Å². The van der Waals surface area contributed by atoms with Crippen molar-refractivity contribution in [2.24, 2.45) is 16.9 Å². The van der Waals surface area contributed by atoms with E-state index in [0.29, 0.717) is 10.9 Å². The predicted molar refractivity (Wildman–Crippen MR) is 136 cm³/mol. The minimum Gasteiger partial charge on any atom is -0.323 e.